The van der Waals surface area contributed by atoms with E-state index < -0.39 is 0 Å². The third kappa shape index (κ3) is 2.76. The van der Waals surface area contributed by atoms with Crippen LogP contribution in [0, 0.1) is 6.92 Å². The van der Waals surface area contributed by atoms with Gasteiger partial charge in [0.2, 0.25) is 0 Å². The Labute approximate surface area is 151 Å². The third-order valence-electron chi connectivity index (χ3n) is 4.20. The minimum absolute atomic E-state index is 0. The van der Waals surface area contributed by atoms with E-state index in [4.69, 9.17) is 4.74 Å². The summed E-state index contributed by atoms with van der Waals surface area (Å²) in [5, 5.41) is 0. The Morgan fingerprint density at radius 2 is 1.92 bits per heavy atom. The van der Waals surface area contributed by atoms with Crippen molar-refractivity contribution in [3.8, 4) is 22.8 Å². The Bertz CT molecular complexity index is 972. The number of nitrogens with zero attached hydrogens (tertiary/aromatic N) is 2. The van der Waals surface area contributed by atoms with Crippen LogP contribution in [0.4, 0.5) is 0 Å². The topological polar surface area (TPSA) is 26.5 Å². The maximum atomic E-state index is 6.01. The van der Waals surface area contributed by atoms with Gasteiger partial charge in [0.25, 0.3) is 0 Å². The van der Waals surface area contributed by atoms with Crippen LogP contribution in [0.3, 0.4) is 0 Å². The molecule has 0 spiro atoms. The maximum Gasteiger partial charge on any atom is 0.184 e. The number of aryl methyl sites for hydroxylation is 1. The lowest BCUT2D eigenvalue weighted by molar-refractivity contribution is 0.482. The molecule has 3 nitrogen and oxygen atoms in total. The van der Waals surface area contributed by atoms with Gasteiger partial charge in [0.15, 0.2) is 4.80 Å². The predicted octanol–water partition coefficient (Wildman–Crippen LogP) is 4.71. The van der Waals surface area contributed by atoms with Gasteiger partial charge >= 0.3 is 0 Å². The van der Waals surface area contributed by atoms with Crippen LogP contribution < -0.4 is 9.54 Å². The van der Waals surface area contributed by atoms with Crippen LogP contribution in [-0.4, -0.2) is 11.6 Å². The number of halogens is 1. The molecule has 2 aromatic carbocycles. The van der Waals surface area contributed by atoms with E-state index in [0.717, 1.165) is 22.7 Å². The largest absolute Gasteiger partial charge is 0.457 e. The van der Waals surface area contributed by atoms with Gasteiger partial charge in [-0.05, 0) is 48.4 Å². The molecule has 1 aliphatic rings. The van der Waals surface area contributed by atoms with Crippen molar-refractivity contribution in [3.63, 3.8) is 0 Å². The molecule has 1 aromatic heterocycles. The van der Waals surface area contributed by atoms with Crippen LogP contribution >= 0.6 is 23.7 Å². The molecular formula is C19H19ClN2OS. The van der Waals surface area contributed by atoms with Gasteiger partial charge in [-0.2, -0.15) is 0 Å². The van der Waals surface area contributed by atoms with Crippen LogP contribution in [0.1, 0.15) is 16.0 Å². The lowest BCUT2D eigenvalue weighted by Gasteiger charge is -2.09. The molecule has 1 heterocycles. The second-order valence-electron chi connectivity index (χ2n) is 5.85. The Kier molecular flexibility index (Phi) is 4.52. The van der Waals surface area contributed by atoms with Crippen LogP contribution in [0.5, 0.6) is 11.5 Å². The number of aromatic nitrogens is 1. The van der Waals surface area contributed by atoms with Crippen molar-refractivity contribution in [2.45, 2.75) is 13.3 Å². The third-order valence-corrected chi connectivity index (χ3v) is 5.42. The zero-order valence-electron chi connectivity index (χ0n) is 13.9. The Hall–Kier alpha value is -2.04. The molecule has 1 aliphatic carbocycles. The second kappa shape index (κ2) is 6.46. The molecule has 5 heteroatoms. The highest BCUT2D eigenvalue weighted by Crippen LogP contribution is 2.40. The maximum absolute atomic E-state index is 6.01. The fourth-order valence-electron chi connectivity index (χ4n) is 3.15. The summed E-state index contributed by atoms with van der Waals surface area (Å²) in [5.74, 6) is 1.78. The molecule has 3 aromatic rings. The number of thiazole rings is 1. The van der Waals surface area contributed by atoms with Gasteiger partial charge in [-0.15, -0.1) is 23.7 Å². The number of hydrogen-bond donors (Lipinski definition) is 0. The summed E-state index contributed by atoms with van der Waals surface area (Å²) in [7, 11) is 3.94. The first kappa shape index (κ1) is 16.8. The van der Waals surface area contributed by atoms with Crippen LogP contribution in [-0.2, 0) is 13.5 Å². The average molecular weight is 359 g/mol. The number of fused-ring (bicyclic) bond motifs is 3. The zero-order valence-corrected chi connectivity index (χ0v) is 15.5. The first-order valence-corrected chi connectivity index (χ1v) is 8.46. The summed E-state index contributed by atoms with van der Waals surface area (Å²) in [5.41, 5.74) is 5.13. The highest BCUT2D eigenvalue weighted by Gasteiger charge is 2.24. The standard InChI is InChI=1S/C19H18N2OS.ClH/c1-12-5-4-6-14(9-12)22-15-7-8-16-13(10-15)11-17-18(16)21(3)19(20-2)23-17;/h4-10H,11H2,1-3H3;1H. The van der Waals surface area contributed by atoms with Crippen molar-refractivity contribution >= 4 is 23.7 Å². The first-order chi connectivity index (χ1) is 11.2. The predicted molar refractivity (Wildman–Crippen MR) is 102 cm³/mol. The zero-order chi connectivity index (χ0) is 16.0. The monoisotopic (exact) mass is 358 g/mol. The Morgan fingerprint density at radius 1 is 1.12 bits per heavy atom. The van der Waals surface area contributed by atoms with Crippen molar-refractivity contribution in [3.05, 3.63) is 63.3 Å². The number of benzene rings is 2. The van der Waals surface area contributed by atoms with Gasteiger partial charge in [-0.3, -0.25) is 4.99 Å². The summed E-state index contributed by atoms with van der Waals surface area (Å²) >= 11 is 1.77. The number of ether oxygens (including phenoxy) is 1. The van der Waals surface area contributed by atoms with Gasteiger partial charge in [0.05, 0.1) is 5.69 Å². The van der Waals surface area contributed by atoms with E-state index in [1.807, 2.05) is 19.2 Å². The molecule has 0 amide bonds. The van der Waals surface area contributed by atoms with Crippen molar-refractivity contribution in [1.29, 1.82) is 0 Å². The van der Waals surface area contributed by atoms with E-state index in [1.54, 1.807) is 11.3 Å². The van der Waals surface area contributed by atoms with Gasteiger partial charge in [0.1, 0.15) is 11.5 Å². The van der Waals surface area contributed by atoms with Crippen LogP contribution in [0.25, 0.3) is 11.3 Å². The minimum Gasteiger partial charge on any atom is -0.457 e. The normalized spacial score (nSPS) is 12.5. The fourth-order valence-corrected chi connectivity index (χ4v) is 4.27. The summed E-state index contributed by atoms with van der Waals surface area (Å²) in [6.45, 7) is 2.07. The van der Waals surface area contributed by atoms with E-state index in [0.29, 0.717) is 0 Å². The summed E-state index contributed by atoms with van der Waals surface area (Å²) in [4.78, 5) is 6.80. The fraction of sp³-hybridized carbons (Fsp3) is 0.211. The van der Waals surface area contributed by atoms with Crippen LogP contribution in [0.2, 0.25) is 0 Å². The molecule has 124 valence electrons. The molecule has 0 saturated heterocycles. The van der Waals surface area contributed by atoms with Gasteiger partial charge < -0.3 is 9.30 Å². The van der Waals surface area contributed by atoms with Crippen LogP contribution in [0.15, 0.2) is 47.5 Å². The smallest absolute Gasteiger partial charge is 0.184 e. The molecule has 0 unspecified atom stereocenters. The molecule has 0 N–H and O–H groups in total. The van der Waals surface area contributed by atoms with Crippen molar-refractivity contribution in [1.82, 2.24) is 4.57 Å². The highest BCUT2D eigenvalue weighted by molar-refractivity contribution is 7.09. The lowest BCUT2D eigenvalue weighted by atomic mass is 10.1. The van der Waals surface area contributed by atoms with E-state index in [1.165, 1.54) is 27.3 Å². The first-order valence-electron chi connectivity index (χ1n) is 7.65. The number of rotatable bonds is 2. The lowest BCUT2D eigenvalue weighted by Crippen LogP contribution is -2.10. The molecule has 0 aliphatic heterocycles. The van der Waals surface area contributed by atoms with Crippen molar-refractivity contribution < 1.29 is 4.74 Å². The second-order valence-corrected chi connectivity index (χ2v) is 6.92. The molecule has 0 fully saturated rings. The van der Waals surface area contributed by atoms with E-state index in [2.05, 4.69) is 53.9 Å². The molecule has 4 rings (SSSR count). The molecule has 0 radical (unpaired) electrons. The highest BCUT2D eigenvalue weighted by atomic mass is 35.5. The summed E-state index contributed by atoms with van der Waals surface area (Å²) < 4.78 is 8.20. The van der Waals surface area contributed by atoms with Gasteiger partial charge in [-0.25, -0.2) is 0 Å². The molecule has 24 heavy (non-hydrogen) atoms. The quantitative estimate of drug-likeness (QED) is 0.509. The van der Waals surface area contributed by atoms with Gasteiger partial charge in [-0.1, -0.05) is 12.1 Å². The SMILES string of the molecule is CN=c1sc2c(n1C)-c1ccc(Oc3cccc(C)c3)cc1C2.Cl. The number of hydrogen-bond acceptors (Lipinski definition) is 3. The van der Waals surface area contributed by atoms with E-state index in [-0.39, 0.29) is 12.4 Å². The molecule has 0 atom stereocenters. The summed E-state index contributed by atoms with van der Waals surface area (Å²) in [6.07, 6.45) is 0.962. The average Bonchev–Trinajstić information content (AvgIpc) is 3.03. The van der Waals surface area contributed by atoms with E-state index in [9.17, 15) is 0 Å². The molecule has 0 saturated carbocycles. The Balaban J connectivity index is 0.00000169. The Morgan fingerprint density at radius 3 is 2.67 bits per heavy atom. The minimum atomic E-state index is 0. The van der Waals surface area contributed by atoms with Crippen molar-refractivity contribution in [2.75, 3.05) is 7.05 Å². The molecule has 0 bridgehead atoms. The van der Waals surface area contributed by atoms with Gasteiger partial charge in [0, 0.05) is 31.0 Å². The van der Waals surface area contributed by atoms with E-state index >= 15 is 0 Å². The summed E-state index contributed by atoms with van der Waals surface area (Å²) in [6, 6.07) is 14.5. The molecular weight excluding hydrogens is 340 g/mol. The van der Waals surface area contributed by atoms with Crippen molar-refractivity contribution in [2.24, 2.45) is 12.0 Å².